The van der Waals surface area contributed by atoms with Gasteiger partial charge in [0.25, 0.3) is 0 Å². The zero-order chi connectivity index (χ0) is 52.2. The van der Waals surface area contributed by atoms with Crippen molar-refractivity contribution in [1.82, 2.24) is 0 Å². The molecule has 0 saturated heterocycles. The summed E-state index contributed by atoms with van der Waals surface area (Å²) < 4.78 is 16.7. The molecule has 0 aromatic carbocycles. The number of hydrogen-bond donors (Lipinski definition) is 0. The summed E-state index contributed by atoms with van der Waals surface area (Å²) in [5.74, 6) is -0.994. The first-order chi connectivity index (χ1) is 35.5. The summed E-state index contributed by atoms with van der Waals surface area (Å²) in [5.41, 5.74) is 0. The van der Waals surface area contributed by atoms with E-state index < -0.39 is 12.1 Å². The Hall–Kier alpha value is -3.15. The maximum Gasteiger partial charge on any atom is 0.306 e. The highest BCUT2D eigenvalue weighted by molar-refractivity contribution is 5.71. The molecule has 0 aliphatic rings. The highest BCUT2D eigenvalue weighted by atomic mass is 16.6. The van der Waals surface area contributed by atoms with Gasteiger partial charge in [-0.25, -0.2) is 0 Å². The van der Waals surface area contributed by atoms with Crippen LogP contribution in [0.5, 0.6) is 0 Å². The average Bonchev–Trinajstić information content (AvgIpc) is 3.38. The Bertz CT molecular complexity index is 1340. The highest BCUT2D eigenvalue weighted by Gasteiger charge is 2.19. The largest absolute Gasteiger partial charge is 0.462 e. The van der Waals surface area contributed by atoms with Gasteiger partial charge in [0.15, 0.2) is 6.10 Å². The van der Waals surface area contributed by atoms with Crippen molar-refractivity contribution < 1.29 is 28.6 Å². The van der Waals surface area contributed by atoms with E-state index >= 15 is 0 Å². The van der Waals surface area contributed by atoms with E-state index in [1.54, 1.807) is 0 Å². The van der Waals surface area contributed by atoms with Crippen LogP contribution in [0, 0.1) is 0 Å². The number of carbonyl (C=O) groups excluding carboxylic acids is 3. The molecular weight excluding hydrogens is 889 g/mol. The van der Waals surface area contributed by atoms with Crippen LogP contribution in [0.15, 0.2) is 72.9 Å². The summed E-state index contributed by atoms with van der Waals surface area (Å²) in [6, 6.07) is 0. The molecule has 0 aliphatic carbocycles. The average molecular weight is 1010 g/mol. The number of allylic oxidation sites excluding steroid dienone is 12. The molecule has 1 atom stereocenters. The fourth-order valence-electron chi connectivity index (χ4n) is 8.88. The monoisotopic (exact) mass is 1000 g/mol. The zero-order valence-corrected chi connectivity index (χ0v) is 47.7. The first-order valence-electron chi connectivity index (χ1n) is 30.9. The fourth-order valence-corrected chi connectivity index (χ4v) is 8.88. The number of esters is 3. The van der Waals surface area contributed by atoms with Gasteiger partial charge < -0.3 is 14.2 Å². The molecule has 6 heteroatoms. The van der Waals surface area contributed by atoms with Crippen LogP contribution in [-0.2, 0) is 28.6 Å². The lowest BCUT2D eigenvalue weighted by Gasteiger charge is -2.18. The van der Waals surface area contributed by atoms with E-state index in [0.29, 0.717) is 19.3 Å². The van der Waals surface area contributed by atoms with Gasteiger partial charge in [0, 0.05) is 19.3 Å². The molecule has 0 spiro atoms. The highest BCUT2D eigenvalue weighted by Crippen LogP contribution is 2.17. The van der Waals surface area contributed by atoms with Gasteiger partial charge in [0.2, 0.25) is 0 Å². The van der Waals surface area contributed by atoms with E-state index in [1.807, 2.05) is 12.2 Å². The van der Waals surface area contributed by atoms with Crippen LogP contribution in [-0.4, -0.2) is 37.2 Å². The number of rotatable bonds is 56. The molecule has 0 fully saturated rings. The Morgan fingerprint density at radius 3 is 0.819 bits per heavy atom. The molecule has 0 radical (unpaired) electrons. The maximum absolute atomic E-state index is 12.7. The van der Waals surface area contributed by atoms with Crippen LogP contribution < -0.4 is 0 Å². The first-order valence-corrected chi connectivity index (χ1v) is 30.9. The van der Waals surface area contributed by atoms with Gasteiger partial charge >= 0.3 is 17.9 Å². The van der Waals surface area contributed by atoms with Crippen LogP contribution in [0.3, 0.4) is 0 Å². The molecule has 6 nitrogen and oxygen atoms in total. The summed E-state index contributed by atoms with van der Waals surface area (Å²) in [6.07, 6.45) is 78.5. The predicted octanol–water partition coefficient (Wildman–Crippen LogP) is 20.9. The summed E-state index contributed by atoms with van der Waals surface area (Å²) in [5, 5.41) is 0. The lowest BCUT2D eigenvalue weighted by molar-refractivity contribution is -0.166. The molecule has 0 heterocycles. The smallest absolute Gasteiger partial charge is 0.306 e. The van der Waals surface area contributed by atoms with Crippen molar-refractivity contribution in [2.75, 3.05) is 13.2 Å². The summed E-state index contributed by atoms with van der Waals surface area (Å²) in [6.45, 7) is 6.41. The van der Waals surface area contributed by atoms with Gasteiger partial charge in [-0.05, 0) is 57.8 Å². The van der Waals surface area contributed by atoms with Gasteiger partial charge in [0.1, 0.15) is 13.2 Å². The molecule has 416 valence electrons. The molecular formula is C66H116O6. The fraction of sp³-hybridized carbons (Fsp3) is 0.773. The van der Waals surface area contributed by atoms with Gasteiger partial charge in [-0.2, -0.15) is 0 Å². The van der Waals surface area contributed by atoms with E-state index in [-0.39, 0.29) is 31.6 Å². The summed E-state index contributed by atoms with van der Waals surface area (Å²) >= 11 is 0. The second kappa shape index (κ2) is 60.4. The minimum Gasteiger partial charge on any atom is -0.462 e. The van der Waals surface area contributed by atoms with Crippen molar-refractivity contribution in [3.05, 3.63) is 72.9 Å². The van der Waals surface area contributed by atoms with E-state index in [9.17, 15) is 14.4 Å². The quantitative estimate of drug-likeness (QED) is 0.0261. The van der Waals surface area contributed by atoms with E-state index in [4.69, 9.17) is 14.2 Å². The Morgan fingerprint density at radius 1 is 0.292 bits per heavy atom. The molecule has 72 heavy (non-hydrogen) atoms. The van der Waals surface area contributed by atoms with Crippen LogP contribution >= 0.6 is 0 Å². The van der Waals surface area contributed by atoms with E-state index in [0.717, 1.165) is 89.9 Å². The standard InChI is InChI=1S/C66H116O6/c1-4-7-10-13-15-17-19-21-23-25-27-28-29-30-31-32-33-34-35-36-37-39-40-42-44-46-48-50-53-56-59-65(68)71-62-63(61-70-64(67)58-55-52-12-9-6-3)72-66(69)60-57-54-51-49-47-45-43-41-38-26-24-22-20-18-16-14-11-8-5-2/h8,11,16,18,22,24,38,41,45,47,51,54,63H,4-7,9-10,12-15,17,19-21,23,25-37,39-40,42-44,46,48-50,52-53,55-62H2,1-3H3/b11-8-,18-16-,24-22-,41-38-,47-45-,54-51-. The minimum absolute atomic E-state index is 0.103. The lowest BCUT2D eigenvalue weighted by atomic mass is 10.0. The third-order valence-electron chi connectivity index (χ3n) is 13.5. The van der Waals surface area contributed by atoms with Crippen LogP contribution in [0.1, 0.15) is 310 Å². The molecule has 0 rings (SSSR count). The first kappa shape index (κ1) is 68.8. The minimum atomic E-state index is -0.811. The van der Waals surface area contributed by atoms with Crippen LogP contribution in [0.25, 0.3) is 0 Å². The number of hydrogen-bond acceptors (Lipinski definition) is 6. The van der Waals surface area contributed by atoms with E-state index in [2.05, 4.69) is 81.5 Å². The topological polar surface area (TPSA) is 78.9 Å². The maximum atomic E-state index is 12.7. The number of unbranched alkanes of at least 4 members (excludes halogenated alkanes) is 33. The van der Waals surface area contributed by atoms with Crippen molar-refractivity contribution in [3.8, 4) is 0 Å². The molecule has 0 aliphatic heterocycles. The zero-order valence-electron chi connectivity index (χ0n) is 47.7. The number of ether oxygens (including phenoxy) is 3. The third-order valence-corrected chi connectivity index (χ3v) is 13.5. The molecule has 1 unspecified atom stereocenters. The molecule has 0 aromatic rings. The number of carbonyl (C=O) groups is 3. The van der Waals surface area contributed by atoms with Crippen molar-refractivity contribution in [1.29, 1.82) is 0 Å². The van der Waals surface area contributed by atoms with Crippen molar-refractivity contribution >= 4 is 17.9 Å². The Kier molecular flexibility index (Phi) is 57.8. The molecule has 0 N–H and O–H groups in total. The van der Waals surface area contributed by atoms with E-state index in [1.165, 1.54) is 173 Å². The van der Waals surface area contributed by atoms with Crippen molar-refractivity contribution in [2.45, 2.75) is 316 Å². The predicted molar refractivity (Wildman–Crippen MR) is 311 cm³/mol. The van der Waals surface area contributed by atoms with Crippen molar-refractivity contribution in [2.24, 2.45) is 0 Å². The van der Waals surface area contributed by atoms with Crippen LogP contribution in [0.4, 0.5) is 0 Å². The second-order valence-corrected chi connectivity index (χ2v) is 20.6. The molecule has 0 aromatic heterocycles. The summed E-state index contributed by atoms with van der Waals surface area (Å²) in [4.78, 5) is 37.8. The Balaban J connectivity index is 4.03. The van der Waals surface area contributed by atoms with Gasteiger partial charge in [0.05, 0.1) is 0 Å². The SMILES string of the molecule is CC/C=C\C/C=C\C/C=C\C/C=C\C/C=C\C/C=C\CCC(=O)OC(COC(=O)CCCCCCC)COC(=O)CCCCCCCCCCCCCCCCCCCCCCCCCCCCCCCC. The Labute approximate surface area is 446 Å². The van der Waals surface area contributed by atoms with Crippen molar-refractivity contribution in [3.63, 3.8) is 0 Å². The van der Waals surface area contributed by atoms with Gasteiger partial charge in [-0.15, -0.1) is 0 Å². The third kappa shape index (κ3) is 57.7. The lowest BCUT2D eigenvalue weighted by Crippen LogP contribution is -2.30. The normalized spacial score (nSPS) is 12.5. The molecule has 0 amide bonds. The van der Waals surface area contributed by atoms with Gasteiger partial charge in [-0.3, -0.25) is 14.4 Å². The second-order valence-electron chi connectivity index (χ2n) is 20.6. The molecule has 0 bridgehead atoms. The Morgan fingerprint density at radius 2 is 0.542 bits per heavy atom. The van der Waals surface area contributed by atoms with Gasteiger partial charge in [-0.1, -0.05) is 306 Å². The van der Waals surface area contributed by atoms with Crippen LogP contribution in [0.2, 0.25) is 0 Å². The summed E-state index contributed by atoms with van der Waals surface area (Å²) in [7, 11) is 0. The molecule has 0 saturated carbocycles.